The Morgan fingerprint density at radius 2 is 1.36 bits per heavy atom. The molecule has 0 saturated heterocycles. The van der Waals surface area contributed by atoms with Gasteiger partial charge in [-0.1, -0.05) is 132 Å². The first-order chi connectivity index (χ1) is 20.7. The minimum atomic E-state index is -0.0702. The van der Waals surface area contributed by atoms with Gasteiger partial charge in [0.25, 0.3) is 0 Å². The van der Waals surface area contributed by atoms with E-state index in [-0.39, 0.29) is 11.9 Å². The molecular formula is C40H54O2. The fourth-order valence-corrected chi connectivity index (χ4v) is 6.78. The van der Waals surface area contributed by atoms with Crippen molar-refractivity contribution in [2.45, 2.75) is 122 Å². The van der Waals surface area contributed by atoms with Gasteiger partial charge in [-0.05, 0) is 97.6 Å². The average Bonchev–Trinajstić information content (AvgIpc) is 3.04. The van der Waals surface area contributed by atoms with E-state index in [1.165, 1.54) is 92.9 Å². The molecule has 1 aliphatic rings. The predicted molar refractivity (Wildman–Crippen MR) is 178 cm³/mol. The number of aryl methyl sites for hydroxylation is 1. The van der Waals surface area contributed by atoms with Crippen LogP contribution in [-0.2, 0) is 11.2 Å². The van der Waals surface area contributed by atoms with Crippen LogP contribution < -0.4 is 4.74 Å². The van der Waals surface area contributed by atoms with Crippen molar-refractivity contribution >= 4 is 5.97 Å². The van der Waals surface area contributed by atoms with Crippen LogP contribution in [-0.4, -0.2) is 5.97 Å². The van der Waals surface area contributed by atoms with Crippen molar-refractivity contribution < 1.29 is 9.53 Å². The molecule has 2 heteroatoms. The highest BCUT2D eigenvalue weighted by Crippen LogP contribution is 2.38. The highest BCUT2D eigenvalue weighted by atomic mass is 16.5. The lowest BCUT2D eigenvalue weighted by Gasteiger charge is -2.29. The number of ether oxygens (including phenoxy) is 1. The van der Waals surface area contributed by atoms with E-state index in [4.69, 9.17) is 4.74 Å². The maximum atomic E-state index is 13.1. The molecule has 3 aromatic rings. The number of carbonyl (C=O) groups excluding carboxylic acids is 1. The highest BCUT2D eigenvalue weighted by molar-refractivity contribution is 5.75. The number of hydrogen-bond donors (Lipinski definition) is 0. The maximum absolute atomic E-state index is 13.1. The second-order valence-corrected chi connectivity index (χ2v) is 12.7. The first-order valence-electron chi connectivity index (χ1n) is 17.1. The molecule has 0 aliphatic heterocycles. The molecule has 226 valence electrons. The summed E-state index contributed by atoms with van der Waals surface area (Å²) in [6.07, 6.45) is 19.9. The Labute approximate surface area is 256 Å². The topological polar surface area (TPSA) is 26.3 Å². The lowest BCUT2D eigenvalue weighted by atomic mass is 9.77. The molecular weight excluding hydrogens is 512 g/mol. The van der Waals surface area contributed by atoms with Crippen molar-refractivity contribution in [3.05, 3.63) is 90.0 Å². The Morgan fingerprint density at radius 3 is 2.05 bits per heavy atom. The largest absolute Gasteiger partial charge is 0.426 e. The summed E-state index contributed by atoms with van der Waals surface area (Å²) in [5.74, 6) is 2.17. The quantitative estimate of drug-likeness (QED) is 0.0922. The van der Waals surface area contributed by atoms with Crippen LogP contribution in [0.2, 0.25) is 0 Å². The fraction of sp³-hybridized carbons (Fsp3) is 0.525. The summed E-state index contributed by atoms with van der Waals surface area (Å²) >= 11 is 0. The average molecular weight is 567 g/mol. The molecule has 0 N–H and O–H groups in total. The van der Waals surface area contributed by atoms with Gasteiger partial charge in [-0.3, -0.25) is 4.79 Å². The van der Waals surface area contributed by atoms with Crippen LogP contribution in [0.3, 0.4) is 0 Å². The van der Waals surface area contributed by atoms with E-state index in [0.29, 0.717) is 11.7 Å². The van der Waals surface area contributed by atoms with Gasteiger partial charge >= 0.3 is 5.97 Å². The second-order valence-electron chi connectivity index (χ2n) is 12.7. The van der Waals surface area contributed by atoms with Crippen LogP contribution in [0.15, 0.2) is 78.9 Å². The van der Waals surface area contributed by atoms with Gasteiger partial charge < -0.3 is 4.74 Å². The van der Waals surface area contributed by atoms with E-state index in [9.17, 15) is 4.79 Å². The molecule has 0 radical (unpaired) electrons. The van der Waals surface area contributed by atoms with Gasteiger partial charge in [0.1, 0.15) is 5.75 Å². The number of unbranched alkanes of at least 4 members (excludes halogenated alkanes) is 5. The third-order valence-corrected chi connectivity index (χ3v) is 9.43. The van der Waals surface area contributed by atoms with Crippen molar-refractivity contribution in [2.24, 2.45) is 11.8 Å². The Morgan fingerprint density at radius 1 is 0.690 bits per heavy atom. The number of esters is 1. The number of rotatable bonds is 17. The van der Waals surface area contributed by atoms with Gasteiger partial charge in [-0.15, -0.1) is 0 Å². The van der Waals surface area contributed by atoms with E-state index in [1.54, 1.807) is 0 Å². The van der Waals surface area contributed by atoms with Crippen molar-refractivity contribution in [1.29, 1.82) is 0 Å². The first kappa shape index (κ1) is 32.1. The van der Waals surface area contributed by atoms with Gasteiger partial charge in [-0.25, -0.2) is 0 Å². The summed E-state index contributed by atoms with van der Waals surface area (Å²) in [6, 6.07) is 27.8. The number of benzene rings is 3. The van der Waals surface area contributed by atoms with Gasteiger partial charge in [0, 0.05) is 0 Å². The second kappa shape index (κ2) is 17.9. The van der Waals surface area contributed by atoms with Crippen LogP contribution in [0.5, 0.6) is 5.75 Å². The SMILES string of the molecule is CCCCCCCCC1CCC(c2ccc(OC(=O)C(CCC)CCCc3ccc(-c4ccccc4)cc3)cc2)CC1. The van der Waals surface area contributed by atoms with Crippen LogP contribution >= 0.6 is 0 Å². The predicted octanol–water partition coefficient (Wildman–Crippen LogP) is 11.7. The van der Waals surface area contributed by atoms with Crippen molar-refractivity contribution in [3.63, 3.8) is 0 Å². The van der Waals surface area contributed by atoms with Gasteiger partial charge in [0.15, 0.2) is 0 Å². The standard InChI is InChI=1S/C40H54O2/c1-3-5-6-7-8-10-15-32-20-26-36(27-21-32)37-28-30-39(31-29-37)42-40(41)38(14-4-2)19-13-16-33-22-24-35(25-23-33)34-17-11-9-12-18-34/h9,11-12,17-18,22-25,28-32,36,38H,3-8,10,13-16,19-21,26-27H2,1-2H3. The van der Waals surface area contributed by atoms with E-state index in [0.717, 1.165) is 38.0 Å². The van der Waals surface area contributed by atoms with Crippen LogP contribution in [0.25, 0.3) is 11.1 Å². The molecule has 0 amide bonds. The lowest BCUT2D eigenvalue weighted by Crippen LogP contribution is -2.21. The van der Waals surface area contributed by atoms with E-state index in [1.807, 2.05) is 18.2 Å². The third-order valence-electron chi connectivity index (χ3n) is 9.43. The van der Waals surface area contributed by atoms with Crippen LogP contribution in [0.1, 0.15) is 127 Å². The molecule has 42 heavy (non-hydrogen) atoms. The molecule has 0 bridgehead atoms. The zero-order valence-electron chi connectivity index (χ0n) is 26.4. The van der Waals surface area contributed by atoms with Crippen LogP contribution in [0, 0.1) is 11.8 Å². The van der Waals surface area contributed by atoms with Crippen molar-refractivity contribution in [2.75, 3.05) is 0 Å². The molecule has 1 atom stereocenters. The Hall–Kier alpha value is -2.87. The minimum Gasteiger partial charge on any atom is -0.426 e. The molecule has 1 unspecified atom stereocenters. The van der Waals surface area contributed by atoms with Gasteiger partial charge in [0.2, 0.25) is 0 Å². The summed E-state index contributed by atoms with van der Waals surface area (Å²) in [7, 11) is 0. The zero-order valence-corrected chi connectivity index (χ0v) is 26.4. The molecule has 0 heterocycles. The fourth-order valence-electron chi connectivity index (χ4n) is 6.78. The molecule has 0 spiro atoms. The first-order valence-corrected chi connectivity index (χ1v) is 17.1. The summed E-state index contributed by atoms with van der Waals surface area (Å²) in [5.41, 5.74) is 5.23. The molecule has 0 aromatic heterocycles. The van der Waals surface area contributed by atoms with Gasteiger partial charge in [-0.2, -0.15) is 0 Å². The molecule has 1 aliphatic carbocycles. The molecule has 1 fully saturated rings. The van der Waals surface area contributed by atoms with Crippen molar-refractivity contribution in [3.8, 4) is 16.9 Å². The minimum absolute atomic E-state index is 0.0415. The van der Waals surface area contributed by atoms with Crippen molar-refractivity contribution in [1.82, 2.24) is 0 Å². The zero-order chi connectivity index (χ0) is 29.4. The third kappa shape index (κ3) is 10.4. The van der Waals surface area contributed by atoms with Crippen LogP contribution in [0.4, 0.5) is 0 Å². The monoisotopic (exact) mass is 566 g/mol. The van der Waals surface area contributed by atoms with E-state index < -0.39 is 0 Å². The normalized spacial score (nSPS) is 17.6. The van der Waals surface area contributed by atoms with E-state index >= 15 is 0 Å². The summed E-state index contributed by atoms with van der Waals surface area (Å²) in [6.45, 7) is 4.44. The Bertz CT molecular complexity index is 1140. The Kier molecular flexibility index (Phi) is 13.7. The number of carbonyl (C=O) groups is 1. The Balaban J connectivity index is 1.18. The van der Waals surface area contributed by atoms with Gasteiger partial charge in [0.05, 0.1) is 5.92 Å². The summed E-state index contributed by atoms with van der Waals surface area (Å²) < 4.78 is 5.90. The number of hydrogen-bond acceptors (Lipinski definition) is 2. The smallest absolute Gasteiger partial charge is 0.314 e. The molecule has 1 saturated carbocycles. The van der Waals surface area contributed by atoms with E-state index in [2.05, 4.69) is 74.5 Å². The molecule has 3 aromatic carbocycles. The summed E-state index contributed by atoms with van der Waals surface area (Å²) in [5, 5.41) is 0. The summed E-state index contributed by atoms with van der Waals surface area (Å²) in [4.78, 5) is 13.1. The maximum Gasteiger partial charge on any atom is 0.314 e. The molecule has 2 nitrogen and oxygen atoms in total. The highest BCUT2D eigenvalue weighted by Gasteiger charge is 2.23. The lowest BCUT2D eigenvalue weighted by molar-refractivity contribution is -0.139. The molecule has 4 rings (SSSR count).